The molecular weight excluding hydrogens is 370 g/mol. The molecule has 27 heavy (non-hydrogen) atoms. The highest BCUT2D eigenvalue weighted by Gasteiger charge is 2.30. The molecule has 0 bridgehead atoms. The van der Waals surface area contributed by atoms with Crippen molar-refractivity contribution >= 4 is 21.8 Å². The van der Waals surface area contributed by atoms with Gasteiger partial charge in [-0.3, -0.25) is 15.0 Å². The zero-order chi connectivity index (χ0) is 19.4. The van der Waals surface area contributed by atoms with Crippen LogP contribution in [-0.2, 0) is 14.8 Å². The maximum Gasteiger partial charge on any atom is 0.244 e. The smallest absolute Gasteiger partial charge is 0.244 e. The first-order valence-electron chi connectivity index (χ1n) is 8.35. The number of rotatable bonds is 5. The molecule has 9 nitrogen and oxygen atoms in total. The van der Waals surface area contributed by atoms with Crippen molar-refractivity contribution in [1.82, 2.24) is 14.4 Å². The second-order valence-corrected chi connectivity index (χ2v) is 8.08. The lowest BCUT2D eigenvalue weighted by Crippen LogP contribution is -2.50. The molecule has 1 aromatic carbocycles. The molecule has 142 valence electrons. The fourth-order valence-electron chi connectivity index (χ4n) is 2.85. The second-order valence-electron chi connectivity index (χ2n) is 6.17. The predicted molar refractivity (Wildman–Crippen MR) is 96.2 cm³/mol. The van der Waals surface area contributed by atoms with Gasteiger partial charge in [0.2, 0.25) is 21.8 Å². The summed E-state index contributed by atoms with van der Waals surface area (Å²) in [6.45, 7) is 3.20. The van der Waals surface area contributed by atoms with Gasteiger partial charge in [-0.25, -0.2) is 8.42 Å². The fourth-order valence-corrected chi connectivity index (χ4v) is 4.42. The van der Waals surface area contributed by atoms with Gasteiger partial charge in [-0.15, -0.1) is 0 Å². The molecule has 0 unspecified atom stereocenters. The van der Waals surface area contributed by atoms with Crippen LogP contribution in [0.4, 0.5) is 5.88 Å². The van der Waals surface area contributed by atoms with Crippen LogP contribution in [-0.4, -0.2) is 61.4 Å². The summed E-state index contributed by atoms with van der Waals surface area (Å²) in [5.41, 5.74) is 0.795. The molecule has 2 heterocycles. The molecular formula is C17H19N5O4S. The maximum absolute atomic E-state index is 12.8. The SMILES string of the molecule is Cc1cc(NC(=O)CN2CCN(S(=O)(=O)c3ccccc3C#N)CC2)on1. The van der Waals surface area contributed by atoms with Gasteiger partial charge < -0.3 is 4.52 Å². The van der Waals surface area contributed by atoms with Crippen LogP contribution in [0, 0.1) is 18.3 Å². The Morgan fingerprint density at radius 3 is 2.63 bits per heavy atom. The topological polar surface area (TPSA) is 120 Å². The molecule has 0 aliphatic carbocycles. The molecule has 1 aliphatic rings. The average Bonchev–Trinajstić information content (AvgIpc) is 3.06. The molecule has 2 aromatic rings. The van der Waals surface area contributed by atoms with Crippen LogP contribution in [0.5, 0.6) is 0 Å². The molecule has 1 amide bonds. The average molecular weight is 389 g/mol. The molecule has 0 radical (unpaired) electrons. The van der Waals surface area contributed by atoms with Crippen LogP contribution < -0.4 is 5.32 Å². The van der Waals surface area contributed by atoms with Gasteiger partial charge in [0.15, 0.2) is 0 Å². The molecule has 0 atom stereocenters. The summed E-state index contributed by atoms with van der Waals surface area (Å²) in [4.78, 5) is 13.9. The first kappa shape index (κ1) is 19.0. The fraction of sp³-hybridized carbons (Fsp3) is 0.353. The van der Waals surface area contributed by atoms with Gasteiger partial charge in [0.1, 0.15) is 6.07 Å². The van der Waals surface area contributed by atoms with Crippen molar-refractivity contribution in [3.05, 3.63) is 41.6 Å². The van der Waals surface area contributed by atoms with E-state index in [1.807, 2.05) is 11.0 Å². The summed E-state index contributed by atoms with van der Waals surface area (Å²) in [5, 5.41) is 15.5. The summed E-state index contributed by atoms with van der Waals surface area (Å²) >= 11 is 0. The third-order valence-corrected chi connectivity index (χ3v) is 6.17. The third-order valence-electron chi connectivity index (χ3n) is 4.21. The number of piperazine rings is 1. The lowest BCUT2D eigenvalue weighted by molar-refractivity contribution is -0.117. The summed E-state index contributed by atoms with van der Waals surface area (Å²) in [6, 6.07) is 9.69. The number of nitriles is 1. The number of nitrogens with zero attached hydrogens (tertiary/aromatic N) is 4. The Morgan fingerprint density at radius 1 is 1.30 bits per heavy atom. The van der Waals surface area contributed by atoms with Gasteiger partial charge in [-0.05, 0) is 19.1 Å². The van der Waals surface area contributed by atoms with Gasteiger partial charge in [0.05, 0.1) is 22.7 Å². The zero-order valence-corrected chi connectivity index (χ0v) is 15.6. The Morgan fingerprint density at radius 2 is 2.00 bits per heavy atom. The maximum atomic E-state index is 12.8. The minimum atomic E-state index is -3.74. The highest BCUT2D eigenvalue weighted by molar-refractivity contribution is 7.89. The van der Waals surface area contributed by atoms with Crippen molar-refractivity contribution in [3.8, 4) is 6.07 Å². The van der Waals surface area contributed by atoms with E-state index >= 15 is 0 Å². The molecule has 3 rings (SSSR count). The third kappa shape index (κ3) is 4.33. The van der Waals surface area contributed by atoms with E-state index in [-0.39, 0.29) is 41.9 Å². The minimum Gasteiger partial charge on any atom is -0.338 e. The molecule has 10 heteroatoms. The number of hydrogen-bond donors (Lipinski definition) is 1. The van der Waals surface area contributed by atoms with E-state index in [4.69, 9.17) is 9.78 Å². The monoisotopic (exact) mass is 389 g/mol. The molecule has 1 aromatic heterocycles. The summed E-state index contributed by atoms with van der Waals surface area (Å²) < 4.78 is 31.9. The molecule has 0 saturated carbocycles. The van der Waals surface area contributed by atoms with E-state index in [0.29, 0.717) is 18.8 Å². The van der Waals surface area contributed by atoms with E-state index in [0.717, 1.165) is 0 Å². The van der Waals surface area contributed by atoms with Crippen molar-refractivity contribution in [1.29, 1.82) is 5.26 Å². The summed E-state index contributed by atoms with van der Waals surface area (Å²) in [5.74, 6) is 0.0316. The predicted octanol–water partition coefficient (Wildman–Crippen LogP) is 0.800. The Bertz CT molecular complexity index is 971. The van der Waals surface area contributed by atoms with Crippen LogP contribution in [0.1, 0.15) is 11.3 Å². The van der Waals surface area contributed by atoms with Gasteiger partial charge in [-0.1, -0.05) is 17.3 Å². The molecule has 1 fully saturated rings. The summed E-state index contributed by atoms with van der Waals surface area (Å²) in [6.07, 6.45) is 0. The lowest BCUT2D eigenvalue weighted by Gasteiger charge is -2.33. The number of anilines is 1. The normalized spacial score (nSPS) is 16.0. The highest BCUT2D eigenvalue weighted by Crippen LogP contribution is 2.21. The number of sulfonamides is 1. The first-order chi connectivity index (χ1) is 12.9. The number of carbonyl (C=O) groups excluding carboxylic acids is 1. The minimum absolute atomic E-state index is 0.0133. The molecule has 1 saturated heterocycles. The molecule has 1 aliphatic heterocycles. The van der Waals surface area contributed by atoms with Gasteiger partial charge >= 0.3 is 0 Å². The Labute approximate surface area is 157 Å². The zero-order valence-electron chi connectivity index (χ0n) is 14.8. The van der Waals surface area contributed by atoms with Crippen LogP contribution in [0.25, 0.3) is 0 Å². The van der Waals surface area contributed by atoms with Gasteiger partial charge in [-0.2, -0.15) is 9.57 Å². The highest BCUT2D eigenvalue weighted by atomic mass is 32.2. The van der Waals surface area contributed by atoms with Crippen molar-refractivity contribution in [3.63, 3.8) is 0 Å². The van der Waals surface area contributed by atoms with Crippen molar-refractivity contribution in [2.45, 2.75) is 11.8 Å². The van der Waals surface area contributed by atoms with E-state index in [9.17, 15) is 13.2 Å². The quantitative estimate of drug-likeness (QED) is 0.803. The van der Waals surface area contributed by atoms with Crippen LogP contribution in [0.3, 0.4) is 0 Å². The molecule has 1 N–H and O–H groups in total. The largest absolute Gasteiger partial charge is 0.338 e. The Balaban J connectivity index is 1.58. The Hall–Kier alpha value is -2.74. The lowest BCUT2D eigenvalue weighted by atomic mass is 10.2. The second kappa shape index (κ2) is 7.87. The number of benzene rings is 1. The number of hydrogen-bond acceptors (Lipinski definition) is 7. The van der Waals surface area contributed by atoms with Crippen molar-refractivity contribution in [2.24, 2.45) is 0 Å². The number of amides is 1. The summed E-state index contributed by atoms with van der Waals surface area (Å²) in [7, 11) is -3.74. The number of nitrogens with one attached hydrogen (secondary N) is 1. The van der Waals surface area contributed by atoms with E-state index < -0.39 is 10.0 Å². The van der Waals surface area contributed by atoms with E-state index in [2.05, 4.69) is 10.5 Å². The van der Waals surface area contributed by atoms with Crippen LogP contribution in [0.2, 0.25) is 0 Å². The standard InChI is InChI=1S/C17H19N5O4S/c1-13-10-17(26-20-13)19-16(23)12-21-6-8-22(9-7-21)27(24,25)15-5-3-2-4-14(15)11-18/h2-5,10H,6-9,12H2,1H3,(H,19,23). The Kier molecular flexibility index (Phi) is 5.55. The van der Waals surface area contributed by atoms with E-state index in [1.54, 1.807) is 25.1 Å². The van der Waals surface area contributed by atoms with Gasteiger partial charge in [0.25, 0.3) is 0 Å². The van der Waals surface area contributed by atoms with Crippen LogP contribution in [0.15, 0.2) is 39.8 Å². The number of aromatic nitrogens is 1. The number of carbonyl (C=O) groups is 1. The molecule has 0 spiro atoms. The first-order valence-corrected chi connectivity index (χ1v) is 9.79. The van der Waals surface area contributed by atoms with Gasteiger partial charge in [0, 0.05) is 32.2 Å². The van der Waals surface area contributed by atoms with Crippen LogP contribution >= 0.6 is 0 Å². The van der Waals surface area contributed by atoms with E-state index in [1.165, 1.54) is 16.4 Å². The van der Waals surface area contributed by atoms with Crippen molar-refractivity contribution < 1.29 is 17.7 Å². The number of aryl methyl sites for hydroxylation is 1. The van der Waals surface area contributed by atoms with Crippen molar-refractivity contribution in [2.75, 3.05) is 38.0 Å².